The van der Waals surface area contributed by atoms with Crippen molar-refractivity contribution in [1.29, 1.82) is 0 Å². The van der Waals surface area contributed by atoms with Crippen LogP contribution in [0.3, 0.4) is 0 Å². The fourth-order valence-corrected chi connectivity index (χ4v) is 4.61. The number of nitrogens with zero attached hydrogens (tertiary/aromatic N) is 3. The summed E-state index contributed by atoms with van der Waals surface area (Å²) in [6.45, 7) is 6.57. The molecule has 2 fully saturated rings. The van der Waals surface area contributed by atoms with Crippen LogP contribution in [0.2, 0.25) is 0 Å². The Bertz CT molecular complexity index is 633. The van der Waals surface area contributed by atoms with E-state index >= 15 is 0 Å². The number of ether oxygens (including phenoxy) is 1. The van der Waals surface area contributed by atoms with Crippen molar-refractivity contribution in [2.45, 2.75) is 38.1 Å². The molecule has 2 saturated heterocycles. The van der Waals surface area contributed by atoms with Gasteiger partial charge in [-0.3, -0.25) is 9.89 Å². The van der Waals surface area contributed by atoms with Gasteiger partial charge in [0.1, 0.15) is 5.75 Å². The second-order valence-corrected chi connectivity index (χ2v) is 8.49. The van der Waals surface area contributed by atoms with E-state index in [1.165, 1.54) is 63.8 Å². The predicted octanol–water partition coefficient (Wildman–Crippen LogP) is 3.35. The highest BCUT2D eigenvalue weighted by atomic mass is 127. The summed E-state index contributed by atoms with van der Waals surface area (Å²) in [6.07, 6.45) is 6.52. The lowest BCUT2D eigenvalue weighted by Crippen LogP contribution is -2.46. The lowest BCUT2D eigenvalue weighted by Gasteiger charge is -2.35. The van der Waals surface area contributed by atoms with Gasteiger partial charge in [0.25, 0.3) is 0 Å². The molecular weight excluding hydrogens is 489 g/mol. The molecule has 170 valence electrons. The number of benzene rings is 1. The Balaban J connectivity index is 0.00000320. The summed E-state index contributed by atoms with van der Waals surface area (Å²) < 4.78 is 5.35. The smallest absolute Gasteiger partial charge is 0.191 e. The van der Waals surface area contributed by atoms with E-state index in [1.54, 1.807) is 7.11 Å². The molecule has 2 unspecified atom stereocenters. The second kappa shape index (κ2) is 13.4. The van der Waals surface area contributed by atoms with E-state index in [0.717, 1.165) is 24.8 Å². The van der Waals surface area contributed by atoms with Gasteiger partial charge >= 0.3 is 0 Å². The van der Waals surface area contributed by atoms with Crippen molar-refractivity contribution in [2.75, 3.05) is 60.5 Å². The maximum absolute atomic E-state index is 5.35. The second-order valence-electron chi connectivity index (χ2n) is 8.49. The summed E-state index contributed by atoms with van der Waals surface area (Å²) in [5.41, 5.74) is 1.34. The minimum Gasteiger partial charge on any atom is -0.497 e. The van der Waals surface area contributed by atoms with Crippen molar-refractivity contribution in [3.05, 3.63) is 29.8 Å². The highest BCUT2D eigenvalue weighted by molar-refractivity contribution is 14.0. The molecule has 0 amide bonds. The number of guanidine groups is 1. The molecule has 2 aliphatic heterocycles. The highest BCUT2D eigenvalue weighted by Gasteiger charge is 2.23. The zero-order valence-electron chi connectivity index (χ0n) is 18.9. The molecule has 30 heavy (non-hydrogen) atoms. The molecule has 2 N–H and O–H groups in total. The van der Waals surface area contributed by atoms with Gasteiger partial charge in [-0.25, -0.2) is 0 Å². The number of aliphatic imine (C=N–C) groups is 1. The molecule has 2 heterocycles. The molecule has 1 aromatic rings. The minimum absolute atomic E-state index is 0. The number of methoxy groups -OCH3 is 1. The van der Waals surface area contributed by atoms with Crippen LogP contribution in [0.15, 0.2) is 29.3 Å². The largest absolute Gasteiger partial charge is 0.497 e. The van der Waals surface area contributed by atoms with Gasteiger partial charge in [-0.2, -0.15) is 0 Å². The Morgan fingerprint density at radius 2 is 1.83 bits per heavy atom. The summed E-state index contributed by atoms with van der Waals surface area (Å²) in [4.78, 5) is 9.52. The van der Waals surface area contributed by atoms with Crippen molar-refractivity contribution in [2.24, 2.45) is 10.9 Å². The van der Waals surface area contributed by atoms with Crippen molar-refractivity contribution in [1.82, 2.24) is 20.4 Å². The highest BCUT2D eigenvalue weighted by Crippen LogP contribution is 2.26. The fraction of sp³-hybridized carbons (Fsp3) is 0.696. The zero-order chi connectivity index (χ0) is 20.5. The Hall–Kier alpha value is -1.06. The van der Waals surface area contributed by atoms with Crippen LogP contribution >= 0.6 is 24.0 Å². The van der Waals surface area contributed by atoms with Gasteiger partial charge in [0.15, 0.2) is 5.96 Å². The van der Waals surface area contributed by atoms with Crippen molar-refractivity contribution >= 4 is 29.9 Å². The minimum atomic E-state index is 0. The van der Waals surface area contributed by atoms with Gasteiger partial charge in [0.2, 0.25) is 0 Å². The molecule has 0 aromatic heterocycles. The van der Waals surface area contributed by atoms with E-state index in [9.17, 15) is 0 Å². The lowest BCUT2D eigenvalue weighted by atomic mass is 9.98. The summed E-state index contributed by atoms with van der Waals surface area (Å²) in [6, 6.07) is 8.89. The van der Waals surface area contributed by atoms with Crippen LogP contribution in [0.4, 0.5) is 0 Å². The Kier molecular flexibility index (Phi) is 11.2. The van der Waals surface area contributed by atoms with Crippen LogP contribution in [-0.4, -0.2) is 76.2 Å². The summed E-state index contributed by atoms with van der Waals surface area (Å²) in [5, 5.41) is 7.16. The van der Waals surface area contributed by atoms with Gasteiger partial charge < -0.3 is 20.3 Å². The summed E-state index contributed by atoms with van der Waals surface area (Å²) in [5.74, 6) is 2.52. The molecule has 6 nitrogen and oxygen atoms in total. The number of hydrogen-bond acceptors (Lipinski definition) is 4. The third-order valence-corrected chi connectivity index (χ3v) is 6.30. The van der Waals surface area contributed by atoms with Crippen LogP contribution in [0, 0.1) is 5.92 Å². The average Bonchev–Trinajstić information content (AvgIpc) is 2.77. The fourth-order valence-electron chi connectivity index (χ4n) is 4.61. The summed E-state index contributed by atoms with van der Waals surface area (Å²) in [7, 11) is 5.81. The van der Waals surface area contributed by atoms with E-state index in [-0.39, 0.29) is 24.0 Å². The number of hydrogen-bond donors (Lipinski definition) is 2. The SMILES string of the molecule is CN=C(NCC1CCCN(C)C1)NCC(c1ccc(OC)cc1)N1CCCCC1.I. The van der Waals surface area contributed by atoms with E-state index < -0.39 is 0 Å². The first-order chi connectivity index (χ1) is 14.2. The lowest BCUT2D eigenvalue weighted by molar-refractivity contribution is 0.164. The van der Waals surface area contributed by atoms with Crippen LogP contribution < -0.4 is 15.4 Å². The third kappa shape index (κ3) is 7.57. The van der Waals surface area contributed by atoms with E-state index in [1.807, 2.05) is 7.05 Å². The van der Waals surface area contributed by atoms with Gasteiger partial charge in [-0.15, -0.1) is 24.0 Å². The van der Waals surface area contributed by atoms with Crippen LogP contribution in [0.1, 0.15) is 43.7 Å². The molecule has 0 bridgehead atoms. The van der Waals surface area contributed by atoms with Crippen LogP contribution in [0.25, 0.3) is 0 Å². The number of piperidine rings is 2. The Morgan fingerprint density at radius 3 is 2.47 bits per heavy atom. The predicted molar refractivity (Wildman–Crippen MR) is 136 cm³/mol. The normalized spacial score (nSPS) is 22.1. The standard InChI is InChI=1S/C23H39N5O.HI/c1-24-23(25-16-19-8-7-13-27(2)18-19)26-17-22(28-14-5-4-6-15-28)20-9-11-21(29-3)12-10-20;/h9-12,19,22H,4-8,13-18H2,1-3H3,(H2,24,25,26);1H. The van der Waals surface area contributed by atoms with Gasteiger partial charge in [0.05, 0.1) is 13.2 Å². The molecule has 7 heteroatoms. The average molecular weight is 530 g/mol. The third-order valence-electron chi connectivity index (χ3n) is 6.30. The molecular formula is C23H40IN5O. The van der Waals surface area contributed by atoms with Crippen molar-refractivity contribution < 1.29 is 4.74 Å². The first-order valence-electron chi connectivity index (χ1n) is 11.2. The number of rotatable bonds is 7. The first kappa shape index (κ1) is 25.2. The Morgan fingerprint density at radius 1 is 1.10 bits per heavy atom. The molecule has 0 radical (unpaired) electrons. The Labute approximate surface area is 199 Å². The van der Waals surface area contributed by atoms with Crippen LogP contribution in [0.5, 0.6) is 5.75 Å². The van der Waals surface area contributed by atoms with Gasteiger partial charge in [0, 0.05) is 26.7 Å². The molecule has 0 spiro atoms. The van der Waals surface area contributed by atoms with E-state index in [4.69, 9.17) is 4.74 Å². The zero-order valence-corrected chi connectivity index (χ0v) is 21.2. The van der Waals surface area contributed by atoms with Crippen molar-refractivity contribution in [3.8, 4) is 5.75 Å². The summed E-state index contributed by atoms with van der Waals surface area (Å²) >= 11 is 0. The maximum Gasteiger partial charge on any atom is 0.191 e. The van der Waals surface area contributed by atoms with Crippen LogP contribution in [-0.2, 0) is 0 Å². The number of halogens is 1. The molecule has 2 atom stereocenters. The van der Waals surface area contributed by atoms with E-state index in [2.05, 4.69) is 56.7 Å². The van der Waals surface area contributed by atoms with E-state index in [0.29, 0.717) is 12.0 Å². The molecule has 0 aliphatic carbocycles. The quantitative estimate of drug-likeness (QED) is 0.323. The monoisotopic (exact) mass is 529 g/mol. The number of likely N-dealkylation sites (tertiary alicyclic amines) is 2. The molecule has 1 aromatic carbocycles. The first-order valence-corrected chi connectivity index (χ1v) is 11.2. The molecule has 0 saturated carbocycles. The number of nitrogens with one attached hydrogen (secondary N) is 2. The van der Waals surface area contributed by atoms with Crippen molar-refractivity contribution in [3.63, 3.8) is 0 Å². The molecule has 3 rings (SSSR count). The van der Waals surface area contributed by atoms with Gasteiger partial charge in [-0.05, 0) is 76.0 Å². The topological polar surface area (TPSA) is 52.1 Å². The van der Waals surface area contributed by atoms with Gasteiger partial charge in [-0.1, -0.05) is 18.6 Å². The maximum atomic E-state index is 5.35. The molecule has 2 aliphatic rings.